The Morgan fingerprint density at radius 1 is 1.52 bits per heavy atom. The summed E-state index contributed by atoms with van der Waals surface area (Å²) >= 11 is 0. The minimum Gasteiger partial charge on any atom is -0.507 e. The summed E-state index contributed by atoms with van der Waals surface area (Å²) < 4.78 is 4.96. The first-order valence-electron chi connectivity index (χ1n) is 6.42. The molecule has 2 rings (SSSR count). The van der Waals surface area contributed by atoms with E-state index in [4.69, 9.17) is 4.74 Å². The second-order valence-electron chi connectivity index (χ2n) is 4.22. The fourth-order valence-electron chi connectivity index (χ4n) is 1.72. The van der Waals surface area contributed by atoms with Crippen LogP contribution >= 0.6 is 0 Å². The molecule has 0 unspecified atom stereocenters. The molecule has 1 heterocycles. The monoisotopic (exact) mass is 288 g/mol. The van der Waals surface area contributed by atoms with E-state index in [1.54, 1.807) is 38.1 Å². The van der Waals surface area contributed by atoms with E-state index in [0.29, 0.717) is 16.8 Å². The average Bonchev–Trinajstić information content (AvgIpc) is 2.82. The Kier molecular flexibility index (Phi) is 4.55. The zero-order chi connectivity index (χ0) is 15.2. The van der Waals surface area contributed by atoms with Gasteiger partial charge in [-0.3, -0.25) is 10.5 Å². The van der Waals surface area contributed by atoms with Gasteiger partial charge in [0.25, 0.3) is 0 Å². The number of carbonyl (C=O) groups is 1. The lowest BCUT2D eigenvalue weighted by Gasteiger charge is -2.03. The molecule has 110 valence electrons. The third-order valence-electron chi connectivity index (χ3n) is 2.74. The number of carbonyl (C=O) groups excluding carboxylic acids is 1. The number of rotatable bonds is 5. The maximum Gasteiger partial charge on any atom is 0.343 e. The van der Waals surface area contributed by atoms with E-state index in [1.165, 1.54) is 6.21 Å². The number of H-pyrrole nitrogens is 1. The molecule has 2 aromatic rings. The molecule has 0 saturated heterocycles. The van der Waals surface area contributed by atoms with Crippen molar-refractivity contribution in [3.05, 3.63) is 41.1 Å². The predicted octanol–water partition coefficient (Wildman–Crippen LogP) is 2.05. The molecule has 0 bridgehead atoms. The minimum absolute atomic E-state index is 0.117. The first-order chi connectivity index (χ1) is 10.1. The van der Waals surface area contributed by atoms with Crippen LogP contribution < -0.4 is 5.43 Å². The maximum absolute atomic E-state index is 11.8. The third kappa shape index (κ3) is 3.38. The van der Waals surface area contributed by atoms with Crippen LogP contribution in [0.3, 0.4) is 0 Å². The lowest BCUT2D eigenvalue weighted by atomic mass is 10.2. The molecule has 0 spiro atoms. The van der Waals surface area contributed by atoms with Gasteiger partial charge < -0.3 is 9.84 Å². The zero-order valence-corrected chi connectivity index (χ0v) is 11.8. The van der Waals surface area contributed by atoms with E-state index in [9.17, 15) is 9.90 Å². The van der Waals surface area contributed by atoms with Gasteiger partial charge in [0.2, 0.25) is 0 Å². The fraction of sp³-hybridized carbons (Fsp3) is 0.214. The molecule has 0 atom stereocenters. The number of aryl methyl sites for hydroxylation is 1. The molecule has 0 saturated carbocycles. The molecular formula is C14H16N4O3. The molecule has 0 aliphatic carbocycles. The van der Waals surface area contributed by atoms with Gasteiger partial charge in [-0.25, -0.2) is 4.79 Å². The number of nitrogens with one attached hydrogen (secondary N) is 2. The van der Waals surface area contributed by atoms with E-state index < -0.39 is 5.97 Å². The van der Waals surface area contributed by atoms with E-state index in [-0.39, 0.29) is 18.2 Å². The zero-order valence-electron chi connectivity index (χ0n) is 11.8. The Bertz CT molecular complexity index is 664. The number of ether oxygens (including phenoxy) is 1. The number of anilines is 1. The topological polar surface area (TPSA) is 99.6 Å². The maximum atomic E-state index is 11.8. The first-order valence-corrected chi connectivity index (χ1v) is 6.42. The lowest BCUT2D eigenvalue weighted by molar-refractivity contribution is 0.0526. The summed E-state index contributed by atoms with van der Waals surface area (Å²) in [6.45, 7) is 3.73. The summed E-state index contributed by atoms with van der Waals surface area (Å²) in [6, 6.07) is 6.77. The van der Waals surface area contributed by atoms with Crippen molar-refractivity contribution < 1.29 is 14.6 Å². The number of hydrogen-bond donors (Lipinski definition) is 3. The van der Waals surface area contributed by atoms with Crippen molar-refractivity contribution in [2.24, 2.45) is 5.10 Å². The average molecular weight is 288 g/mol. The first kappa shape index (κ1) is 14.6. The van der Waals surface area contributed by atoms with Crippen LogP contribution in [-0.2, 0) is 4.74 Å². The SMILES string of the molecule is CCOC(=O)c1c(N/N=C/c2ccccc2O)n[nH]c1C. The van der Waals surface area contributed by atoms with Crippen molar-refractivity contribution >= 4 is 18.0 Å². The van der Waals surface area contributed by atoms with E-state index in [1.807, 2.05) is 0 Å². The van der Waals surface area contributed by atoms with Gasteiger partial charge in [0.1, 0.15) is 11.3 Å². The number of aromatic hydroxyl groups is 1. The molecule has 0 aliphatic heterocycles. The number of phenols is 1. The van der Waals surface area contributed by atoms with E-state index in [0.717, 1.165) is 0 Å². The summed E-state index contributed by atoms with van der Waals surface area (Å²) in [4.78, 5) is 11.8. The molecule has 0 radical (unpaired) electrons. The van der Waals surface area contributed by atoms with Crippen LogP contribution in [0, 0.1) is 6.92 Å². The van der Waals surface area contributed by atoms with Gasteiger partial charge in [0.05, 0.1) is 12.8 Å². The second kappa shape index (κ2) is 6.56. The Hall–Kier alpha value is -2.83. The highest BCUT2D eigenvalue weighted by Crippen LogP contribution is 2.18. The molecule has 1 aromatic heterocycles. The van der Waals surface area contributed by atoms with Crippen LogP contribution in [0.4, 0.5) is 5.82 Å². The third-order valence-corrected chi connectivity index (χ3v) is 2.74. The van der Waals surface area contributed by atoms with Gasteiger partial charge in [0.15, 0.2) is 5.82 Å². The molecule has 21 heavy (non-hydrogen) atoms. The van der Waals surface area contributed by atoms with Crippen LogP contribution in [0.2, 0.25) is 0 Å². The Balaban J connectivity index is 2.14. The quantitative estimate of drug-likeness (QED) is 0.444. The largest absolute Gasteiger partial charge is 0.507 e. The molecule has 0 amide bonds. The van der Waals surface area contributed by atoms with Crippen molar-refractivity contribution in [2.75, 3.05) is 12.0 Å². The van der Waals surface area contributed by atoms with E-state index in [2.05, 4.69) is 20.7 Å². The molecule has 3 N–H and O–H groups in total. The van der Waals surface area contributed by atoms with Gasteiger partial charge in [0, 0.05) is 11.3 Å². The van der Waals surface area contributed by atoms with Gasteiger partial charge in [-0.2, -0.15) is 10.2 Å². The summed E-state index contributed by atoms with van der Waals surface area (Å²) in [5, 5.41) is 20.2. The molecule has 1 aromatic carbocycles. The summed E-state index contributed by atoms with van der Waals surface area (Å²) in [5.41, 5.74) is 4.12. The highest BCUT2D eigenvalue weighted by atomic mass is 16.5. The van der Waals surface area contributed by atoms with Gasteiger partial charge in [-0.05, 0) is 26.0 Å². The van der Waals surface area contributed by atoms with Crippen LogP contribution in [0.15, 0.2) is 29.4 Å². The normalized spacial score (nSPS) is 10.8. The molecule has 0 aliphatic rings. The molecular weight excluding hydrogens is 272 g/mol. The number of esters is 1. The number of nitrogens with zero attached hydrogens (tertiary/aromatic N) is 2. The highest BCUT2D eigenvalue weighted by molar-refractivity contribution is 5.96. The molecule has 7 heteroatoms. The van der Waals surface area contributed by atoms with Crippen molar-refractivity contribution in [1.82, 2.24) is 10.2 Å². The number of hydrazone groups is 1. The van der Waals surface area contributed by atoms with Crippen molar-refractivity contribution in [1.29, 1.82) is 0 Å². The molecule has 0 fully saturated rings. The van der Waals surface area contributed by atoms with E-state index >= 15 is 0 Å². The number of para-hydroxylation sites is 1. The minimum atomic E-state index is -0.469. The predicted molar refractivity (Wildman–Crippen MR) is 78.6 cm³/mol. The number of benzene rings is 1. The highest BCUT2D eigenvalue weighted by Gasteiger charge is 2.18. The van der Waals surface area contributed by atoms with Crippen LogP contribution in [-0.4, -0.2) is 34.1 Å². The Morgan fingerprint density at radius 3 is 3.00 bits per heavy atom. The number of hydrogen-bond acceptors (Lipinski definition) is 6. The number of aromatic amines is 1. The second-order valence-corrected chi connectivity index (χ2v) is 4.22. The van der Waals surface area contributed by atoms with Gasteiger partial charge in [-0.15, -0.1) is 0 Å². The van der Waals surface area contributed by atoms with Crippen molar-refractivity contribution in [2.45, 2.75) is 13.8 Å². The Labute approximate surface area is 121 Å². The molecule has 7 nitrogen and oxygen atoms in total. The van der Waals surface area contributed by atoms with Crippen LogP contribution in [0.25, 0.3) is 0 Å². The summed E-state index contributed by atoms with van der Waals surface area (Å²) in [6.07, 6.45) is 1.44. The van der Waals surface area contributed by atoms with Crippen molar-refractivity contribution in [3.63, 3.8) is 0 Å². The van der Waals surface area contributed by atoms with Crippen LogP contribution in [0.1, 0.15) is 28.5 Å². The summed E-state index contributed by atoms with van der Waals surface area (Å²) in [5.74, 6) is -0.0755. The van der Waals surface area contributed by atoms with Crippen molar-refractivity contribution in [3.8, 4) is 5.75 Å². The lowest BCUT2D eigenvalue weighted by Crippen LogP contribution is -2.08. The smallest absolute Gasteiger partial charge is 0.343 e. The Morgan fingerprint density at radius 2 is 2.29 bits per heavy atom. The standard InChI is InChI=1S/C14H16N4O3/c1-3-21-14(20)12-9(2)16-18-13(12)17-15-8-10-6-4-5-7-11(10)19/h4-8,19H,3H2,1-2H3,(H2,16,17,18)/b15-8+. The fourth-order valence-corrected chi connectivity index (χ4v) is 1.72. The number of aromatic nitrogens is 2. The number of phenolic OH excluding ortho intramolecular Hbond substituents is 1. The van der Waals surface area contributed by atoms with Crippen LogP contribution in [0.5, 0.6) is 5.75 Å². The van der Waals surface area contributed by atoms with Gasteiger partial charge >= 0.3 is 5.97 Å². The van der Waals surface area contributed by atoms with Gasteiger partial charge in [-0.1, -0.05) is 12.1 Å². The summed E-state index contributed by atoms with van der Waals surface area (Å²) in [7, 11) is 0.